The summed E-state index contributed by atoms with van der Waals surface area (Å²) in [6.07, 6.45) is 0. The van der Waals surface area contributed by atoms with Gasteiger partial charge in [-0.3, -0.25) is 0 Å². The van der Waals surface area contributed by atoms with Crippen molar-refractivity contribution in [3.8, 4) is 0 Å². The minimum absolute atomic E-state index is 0.350. The first-order valence-electron chi connectivity index (χ1n) is 2.03. The SMILES string of the molecule is C[TeH]C.C[TeH]C.[Cl][Pt][Cl]. The first kappa shape index (κ1) is 17.8. The summed E-state index contributed by atoms with van der Waals surface area (Å²) in [7, 11) is 9.75. The van der Waals surface area contributed by atoms with Crippen LogP contribution in [0.3, 0.4) is 0 Å². The Morgan fingerprint density at radius 2 is 0.889 bits per heavy atom. The van der Waals surface area contributed by atoms with E-state index in [2.05, 4.69) is 19.9 Å². The molecule has 0 aliphatic heterocycles. The van der Waals surface area contributed by atoms with Crippen LogP contribution in [0.4, 0.5) is 0 Å². The Morgan fingerprint density at radius 3 is 0.889 bits per heavy atom. The predicted octanol–water partition coefficient (Wildman–Crippen LogP) is 2.41. The molecule has 0 spiro atoms. The van der Waals surface area contributed by atoms with Crippen molar-refractivity contribution in [2.24, 2.45) is 0 Å². The van der Waals surface area contributed by atoms with Crippen LogP contribution < -0.4 is 0 Å². The molecular formula is C4H14Cl2PtTe2. The quantitative estimate of drug-likeness (QED) is 0.385. The van der Waals surface area contributed by atoms with Crippen molar-refractivity contribution < 1.29 is 16.5 Å². The van der Waals surface area contributed by atoms with Crippen LogP contribution >= 0.6 is 18.8 Å². The van der Waals surface area contributed by atoms with E-state index >= 15 is 0 Å². The summed E-state index contributed by atoms with van der Waals surface area (Å²) in [6, 6.07) is 0. The zero-order valence-corrected chi connectivity index (χ0v) is 14.9. The molecule has 0 bridgehead atoms. The van der Waals surface area contributed by atoms with Crippen molar-refractivity contribution in [2.75, 3.05) is 0 Å². The number of halogens is 2. The molecule has 0 aromatic heterocycles. The molecule has 0 nitrogen and oxygen atoms in total. The van der Waals surface area contributed by atoms with E-state index in [4.69, 9.17) is 18.8 Å². The molecule has 0 rings (SSSR count). The second kappa shape index (κ2) is 30.8. The monoisotopic (exact) mass is 587 g/mol. The fourth-order valence-corrected chi connectivity index (χ4v) is 0. The summed E-state index contributed by atoms with van der Waals surface area (Å²) in [5.74, 6) is 0. The van der Waals surface area contributed by atoms with Crippen LogP contribution in [0.2, 0.25) is 19.9 Å². The van der Waals surface area contributed by atoms with Gasteiger partial charge in [-0.05, 0) is 0 Å². The molecule has 0 heterocycles. The summed E-state index contributed by atoms with van der Waals surface area (Å²) in [5.41, 5.74) is 0. The number of rotatable bonds is 0. The van der Waals surface area contributed by atoms with E-state index in [0.29, 0.717) is 41.8 Å². The average Bonchev–Trinajstić information content (AvgIpc) is 1.70. The molecule has 0 aromatic carbocycles. The van der Waals surface area contributed by atoms with Crippen molar-refractivity contribution in [3.63, 3.8) is 0 Å². The molecule has 2 radical (unpaired) electrons. The topological polar surface area (TPSA) is 0 Å². The Kier molecular flexibility index (Phi) is 60.9. The van der Waals surface area contributed by atoms with Gasteiger partial charge in [0.15, 0.2) is 0 Å². The number of hydrogen-bond donors (Lipinski definition) is 0. The molecule has 5 heteroatoms. The van der Waals surface area contributed by atoms with E-state index in [1.807, 2.05) is 0 Å². The molecule has 0 aliphatic carbocycles. The maximum absolute atomic E-state index is 4.88. The van der Waals surface area contributed by atoms with Crippen LogP contribution in [-0.4, -0.2) is 41.8 Å². The van der Waals surface area contributed by atoms with E-state index in [-0.39, 0.29) is 0 Å². The molecule has 9 heavy (non-hydrogen) atoms. The molecular weight excluding hydrogens is 569 g/mol. The molecule has 66 valence electrons. The molecule has 0 aliphatic rings. The van der Waals surface area contributed by atoms with Crippen LogP contribution in [0.25, 0.3) is 0 Å². The molecule has 0 saturated carbocycles. The van der Waals surface area contributed by atoms with Crippen molar-refractivity contribution >= 4 is 60.7 Å². The zero-order chi connectivity index (χ0) is 8.12. The summed E-state index contributed by atoms with van der Waals surface area (Å²) in [5, 5.41) is 0. The third kappa shape index (κ3) is 105. The van der Waals surface area contributed by atoms with E-state index in [0.717, 1.165) is 0 Å². The van der Waals surface area contributed by atoms with Crippen LogP contribution in [0.15, 0.2) is 0 Å². The van der Waals surface area contributed by atoms with Crippen LogP contribution in [0.1, 0.15) is 0 Å². The Bertz CT molecular complexity index is 21.3. The van der Waals surface area contributed by atoms with Gasteiger partial charge >= 0.3 is 97.0 Å². The summed E-state index contributed by atoms with van der Waals surface area (Å²) in [6.45, 7) is 0. The standard InChI is InChI=1S/2C2H7Te.2ClH.Pt/c2*1-3-2;;;/h2*3H,1-2H3;2*1H;/q;;;;+2/p-2. The van der Waals surface area contributed by atoms with E-state index in [1.54, 1.807) is 0 Å². The Balaban J connectivity index is -0.0000000600. The van der Waals surface area contributed by atoms with Crippen LogP contribution in [-0.2, 0) is 16.5 Å². The third-order valence-corrected chi connectivity index (χ3v) is 0. The van der Waals surface area contributed by atoms with Gasteiger partial charge in [0.2, 0.25) is 0 Å². The molecule has 0 N–H and O–H groups in total. The zero-order valence-electron chi connectivity index (χ0n) is 5.97. The van der Waals surface area contributed by atoms with Gasteiger partial charge < -0.3 is 0 Å². The van der Waals surface area contributed by atoms with Crippen molar-refractivity contribution in [1.29, 1.82) is 0 Å². The van der Waals surface area contributed by atoms with Gasteiger partial charge in [-0.2, -0.15) is 0 Å². The second-order valence-corrected chi connectivity index (χ2v) is 9.33. The summed E-state index contributed by atoms with van der Waals surface area (Å²) < 4.78 is 0. The van der Waals surface area contributed by atoms with E-state index < -0.39 is 16.5 Å². The third-order valence-electron chi connectivity index (χ3n) is 0. The van der Waals surface area contributed by atoms with E-state index in [9.17, 15) is 0 Å². The maximum atomic E-state index is 4.88. The van der Waals surface area contributed by atoms with Crippen LogP contribution in [0, 0.1) is 0 Å². The molecule has 0 unspecified atom stereocenters. The average molecular weight is 583 g/mol. The van der Waals surface area contributed by atoms with Gasteiger partial charge in [0, 0.05) is 0 Å². The Hall–Kier alpha value is 2.85. The van der Waals surface area contributed by atoms with Gasteiger partial charge in [0.1, 0.15) is 0 Å². The van der Waals surface area contributed by atoms with Gasteiger partial charge in [0.05, 0.1) is 0 Å². The minimum atomic E-state index is -0.472. The fraction of sp³-hybridized carbons (Fsp3) is 1.00. The van der Waals surface area contributed by atoms with E-state index in [1.165, 1.54) is 0 Å². The van der Waals surface area contributed by atoms with Crippen LogP contribution in [0.5, 0.6) is 0 Å². The first-order chi connectivity index (χ1) is 4.24. The van der Waals surface area contributed by atoms with Crippen molar-refractivity contribution in [3.05, 3.63) is 0 Å². The molecule has 0 amide bonds. The molecule has 0 atom stereocenters. The fourth-order valence-electron chi connectivity index (χ4n) is 0. The second-order valence-electron chi connectivity index (χ2n) is 0.940. The van der Waals surface area contributed by atoms with Crippen molar-refractivity contribution in [1.82, 2.24) is 0 Å². The molecule has 0 aromatic rings. The van der Waals surface area contributed by atoms with Gasteiger partial charge in [-0.15, -0.1) is 0 Å². The normalized spacial score (nSPS) is 6.44. The Labute approximate surface area is 95.4 Å². The van der Waals surface area contributed by atoms with Gasteiger partial charge in [-0.1, -0.05) is 0 Å². The molecule has 0 saturated heterocycles. The van der Waals surface area contributed by atoms with Crippen molar-refractivity contribution in [2.45, 2.75) is 19.9 Å². The van der Waals surface area contributed by atoms with Gasteiger partial charge in [-0.25, -0.2) is 0 Å². The summed E-state index contributed by atoms with van der Waals surface area (Å²) in [4.78, 5) is 9.10. The number of hydrogen-bond acceptors (Lipinski definition) is 0. The van der Waals surface area contributed by atoms with Gasteiger partial charge in [0.25, 0.3) is 0 Å². The predicted molar refractivity (Wildman–Crippen MR) is 49.5 cm³/mol. The summed E-state index contributed by atoms with van der Waals surface area (Å²) >= 11 is 0.228. The molecule has 0 fully saturated rings. The first-order valence-corrected chi connectivity index (χ1v) is 17.9. The Morgan fingerprint density at radius 1 is 0.889 bits per heavy atom.